The zero-order valence-corrected chi connectivity index (χ0v) is 19.3. The molecule has 0 atom stereocenters. The lowest BCUT2D eigenvalue weighted by molar-refractivity contribution is -0.119. The van der Waals surface area contributed by atoms with Crippen LogP contribution in [0.3, 0.4) is 0 Å². The summed E-state index contributed by atoms with van der Waals surface area (Å²) < 4.78 is 37.1. The van der Waals surface area contributed by atoms with E-state index in [2.05, 4.69) is 10.1 Å². The topological polar surface area (TPSA) is 119 Å². The number of carbonyl (C=O) groups excluding carboxylic acids is 3. The molecule has 3 rings (SSSR count). The van der Waals surface area contributed by atoms with E-state index >= 15 is 0 Å². The Bertz CT molecular complexity index is 1140. The Balaban J connectivity index is 1.63. The molecule has 10 heteroatoms. The van der Waals surface area contributed by atoms with Crippen LogP contribution in [0.5, 0.6) is 0 Å². The number of piperidine rings is 1. The first-order valence-corrected chi connectivity index (χ1v) is 11.9. The van der Waals surface area contributed by atoms with Crippen LogP contribution in [0.2, 0.25) is 0 Å². The molecule has 2 aromatic rings. The van der Waals surface area contributed by atoms with Crippen molar-refractivity contribution < 1.29 is 32.3 Å². The average Bonchev–Trinajstić information content (AvgIpc) is 2.83. The van der Waals surface area contributed by atoms with Crippen molar-refractivity contribution >= 4 is 33.6 Å². The Kier molecular flexibility index (Phi) is 7.83. The molecule has 176 valence electrons. The number of nitrogens with one attached hydrogen (secondary N) is 1. The van der Waals surface area contributed by atoms with Crippen LogP contribution < -0.4 is 5.32 Å². The second kappa shape index (κ2) is 10.6. The summed E-state index contributed by atoms with van der Waals surface area (Å²) in [5.41, 5.74) is 1.32. The summed E-state index contributed by atoms with van der Waals surface area (Å²) in [5, 5.41) is 2.55. The van der Waals surface area contributed by atoms with Gasteiger partial charge in [-0.2, -0.15) is 4.31 Å². The highest BCUT2D eigenvalue weighted by Gasteiger charge is 2.28. The minimum atomic E-state index is -3.72. The van der Waals surface area contributed by atoms with Gasteiger partial charge in [-0.25, -0.2) is 18.0 Å². The maximum absolute atomic E-state index is 13.0. The van der Waals surface area contributed by atoms with E-state index in [1.807, 2.05) is 0 Å². The van der Waals surface area contributed by atoms with Gasteiger partial charge in [-0.1, -0.05) is 12.5 Å². The molecule has 1 saturated heterocycles. The molecule has 1 N–H and O–H groups in total. The van der Waals surface area contributed by atoms with Gasteiger partial charge in [-0.05, 0) is 61.7 Å². The van der Waals surface area contributed by atoms with E-state index in [0.717, 1.165) is 19.3 Å². The lowest BCUT2D eigenvalue weighted by Gasteiger charge is -2.26. The lowest BCUT2D eigenvalue weighted by Crippen LogP contribution is -2.36. The van der Waals surface area contributed by atoms with Gasteiger partial charge in [-0.15, -0.1) is 0 Å². The Morgan fingerprint density at radius 2 is 1.58 bits per heavy atom. The third-order valence-corrected chi connectivity index (χ3v) is 7.32. The highest BCUT2D eigenvalue weighted by atomic mass is 32.2. The maximum Gasteiger partial charge on any atom is 0.338 e. The van der Waals surface area contributed by atoms with E-state index in [4.69, 9.17) is 4.74 Å². The number of hydrogen-bond donors (Lipinski definition) is 1. The van der Waals surface area contributed by atoms with Crippen molar-refractivity contribution in [1.82, 2.24) is 4.31 Å². The summed E-state index contributed by atoms with van der Waals surface area (Å²) in [6, 6.07) is 10.3. The number of sulfonamides is 1. The predicted octanol–water partition coefficient (Wildman–Crippen LogP) is 2.75. The molecule has 9 nitrogen and oxygen atoms in total. The molecule has 1 aliphatic rings. The van der Waals surface area contributed by atoms with Gasteiger partial charge in [-0.3, -0.25) is 4.79 Å². The molecule has 1 amide bonds. The van der Waals surface area contributed by atoms with Gasteiger partial charge in [0.2, 0.25) is 10.0 Å². The SMILES string of the molecule is COC(=O)c1ccc(NC(=O)COC(=O)c2ccc(C)c(S(=O)(=O)N3CCCCC3)c2)cc1. The molecule has 0 saturated carbocycles. The Morgan fingerprint density at radius 1 is 0.939 bits per heavy atom. The Hall–Kier alpha value is -3.24. The molecule has 0 unspecified atom stereocenters. The molecule has 0 bridgehead atoms. The summed E-state index contributed by atoms with van der Waals surface area (Å²) in [5.74, 6) is -1.88. The van der Waals surface area contributed by atoms with Gasteiger partial charge in [0.1, 0.15) is 0 Å². The zero-order chi connectivity index (χ0) is 24.0. The van der Waals surface area contributed by atoms with Crippen molar-refractivity contribution in [2.45, 2.75) is 31.1 Å². The number of ether oxygens (including phenoxy) is 2. The number of esters is 2. The van der Waals surface area contributed by atoms with Crippen molar-refractivity contribution in [3.63, 3.8) is 0 Å². The van der Waals surface area contributed by atoms with E-state index in [1.54, 1.807) is 13.0 Å². The zero-order valence-electron chi connectivity index (χ0n) is 18.5. The maximum atomic E-state index is 13.0. The number of amides is 1. The first-order chi connectivity index (χ1) is 15.7. The van der Waals surface area contributed by atoms with E-state index in [9.17, 15) is 22.8 Å². The van der Waals surface area contributed by atoms with Crippen LogP contribution in [0.15, 0.2) is 47.4 Å². The fourth-order valence-corrected chi connectivity index (χ4v) is 5.24. The van der Waals surface area contributed by atoms with E-state index < -0.39 is 34.5 Å². The number of nitrogens with zero attached hydrogens (tertiary/aromatic N) is 1. The summed E-state index contributed by atoms with van der Waals surface area (Å²) in [4.78, 5) is 36.1. The quantitative estimate of drug-likeness (QED) is 0.613. The van der Waals surface area contributed by atoms with Crippen LogP contribution >= 0.6 is 0 Å². The van der Waals surface area contributed by atoms with E-state index in [0.29, 0.717) is 29.9 Å². The molecule has 1 aliphatic heterocycles. The second-order valence-corrected chi connectivity index (χ2v) is 9.54. The van der Waals surface area contributed by atoms with Crippen LogP contribution in [-0.4, -0.2) is 57.4 Å². The van der Waals surface area contributed by atoms with Crippen molar-refractivity contribution in [3.8, 4) is 0 Å². The van der Waals surface area contributed by atoms with Crippen molar-refractivity contribution in [2.75, 3.05) is 32.1 Å². The number of benzene rings is 2. The summed E-state index contributed by atoms with van der Waals surface area (Å²) >= 11 is 0. The minimum Gasteiger partial charge on any atom is -0.465 e. The Labute approximate surface area is 192 Å². The van der Waals surface area contributed by atoms with Crippen LogP contribution in [0.4, 0.5) is 5.69 Å². The third kappa shape index (κ3) is 5.96. The summed E-state index contributed by atoms with van der Waals surface area (Å²) in [6.45, 7) is 2.03. The van der Waals surface area contributed by atoms with Crippen LogP contribution in [0.25, 0.3) is 0 Å². The van der Waals surface area contributed by atoms with Crippen molar-refractivity contribution in [1.29, 1.82) is 0 Å². The van der Waals surface area contributed by atoms with Gasteiger partial charge >= 0.3 is 11.9 Å². The largest absolute Gasteiger partial charge is 0.465 e. The van der Waals surface area contributed by atoms with Crippen molar-refractivity contribution in [3.05, 3.63) is 59.2 Å². The van der Waals surface area contributed by atoms with Crippen molar-refractivity contribution in [2.24, 2.45) is 0 Å². The molecule has 2 aromatic carbocycles. The van der Waals surface area contributed by atoms with Crippen LogP contribution in [0.1, 0.15) is 45.5 Å². The molecule has 1 fully saturated rings. The van der Waals surface area contributed by atoms with Gasteiger partial charge in [0.15, 0.2) is 6.61 Å². The number of rotatable bonds is 7. The molecular weight excluding hydrogens is 448 g/mol. The first-order valence-electron chi connectivity index (χ1n) is 10.5. The average molecular weight is 475 g/mol. The van der Waals surface area contributed by atoms with Gasteiger partial charge in [0.05, 0.1) is 23.1 Å². The molecule has 0 spiro atoms. The van der Waals surface area contributed by atoms with E-state index in [1.165, 1.54) is 47.8 Å². The molecule has 0 radical (unpaired) electrons. The van der Waals surface area contributed by atoms with Gasteiger partial charge < -0.3 is 14.8 Å². The molecule has 1 heterocycles. The summed E-state index contributed by atoms with van der Waals surface area (Å²) in [6.07, 6.45) is 2.61. The Morgan fingerprint density at radius 3 is 2.21 bits per heavy atom. The monoisotopic (exact) mass is 474 g/mol. The third-order valence-electron chi connectivity index (χ3n) is 5.28. The molecule has 33 heavy (non-hydrogen) atoms. The number of aryl methyl sites for hydroxylation is 1. The fraction of sp³-hybridized carbons (Fsp3) is 0.348. The lowest BCUT2D eigenvalue weighted by atomic mass is 10.1. The van der Waals surface area contributed by atoms with Gasteiger partial charge in [0.25, 0.3) is 5.91 Å². The number of carbonyl (C=O) groups is 3. The minimum absolute atomic E-state index is 0.0476. The smallest absolute Gasteiger partial charge is 0.338 e. The number of anilines is 1. The van der Waals surface area contributed by atoms with Crippen LogP contribution in [0, 0.1) is 6.92 Å². The summed E-state index contributed by atoms with van der Waals surface area (Å²) in [7, 11) is -2.45. The highest BCUT2D eigenvalue weighted by Crippen LogP contribution is 2.24. The number of hydrogen-bond acceptors (Lipinski definition) is 7. The highest BCUT2D eigenvalue weighted by molar-refractivity contribution is 7.89. The standard InChI is InChI=1S/C23H26N2O7S/c1-16-6-7-18(14-20(16)33(29,30)25-12-4-3-5-13-25)23(28)32-15-21(26)24-19-10-8-17(9-11-19)22(27)31-2/h6-11,14H,3-5,12-13,15H2,1-2H3,(H,24,26). The number of methoxy groups -OCH3 is 1. The normalized spacial score (nSPS) is 14.4. The predicted molar refractivity (Wildman–Crippen MR) is 120 cm³/mol. The molecule has 0 aliphatic carbocycles. The van der Waals surface area contributed by atoms with E-state index in [-0.39, 0.29) is 10.5 Å². The molecular formula is C23H26N2O7S. The first kappa shape index (κ1) is 24.4. The van der Waals surface area contributed by atoms with Gasteiger partial charge in [0, 0.05) is 18.8 Å². The molecule has 0 aromatic heterocycles. The van der Waals surface area contributed by atoms with Crippen LogP contribution in [-0.2, 0) is 24.3 Å². The fourth-order valence-electron chi connectivity index (χ4n) is 3.47. The second-order valence-electron chi connectivity index (χ2n) is 7.64.